The van der Waals surface area contributed by atoms with E-state index in [-0.39, 0.29) is 46.2 Å². The zero-order chi connectivity index (χ0) is 19.6. The number of benzene rings is 1. The van der Waals surface area contributed by atoms with Gasteiger partial charge in [0.2, 0.25) is 0 Å². The van der Waals surface area contributed by atoms with Crippen molar-refractivity contribution in [3.05, 3.63) is 63.2 Å². The lowest BCUT2D eigenvalue weighted by molar-refractivity contribution is -0.137. The number of halogens is 5. The molecule has 0 aliphatic carbocycles. The highest BCUT2D eigenvalue weighted by Crippen LogP contribution is 2.31. The van der Waals surface area contributed by atoms with E-state index in [1.54, 1.807) is 0 Å². The molecule has 3 N–H and O–H groups in total. The molecule has 0 fully saturated rings. The van der Waals surface area contributed by atoms with E-state index in [4.69, 9.17) is 22.7 Å². The molecular weight excluding hydrogens is 430 g/mol. The van der Waals surface area contributed by atoms with Crippen LogP contribution in [0.5, 0.6) is 0 Å². The Kier molecular flexibility index (Phi) is 7.61. The Morgan fingerprint density at radius 1 is 1.30 bits per heavy atom. The molecule has 1 unspecified atom stereocenters. The second kappa shape index (κ2) is 8.87. The van der Waals surface area contributed by atoms with Crippen LogP contribution in [0.15, 0.2) is 30.5 Å². The third-order valence-corrected chi connectivity index (χ3v) is 4.27. The first-order valence-electron chi connectivity index (χ1n) is 6.98. The van der Waals surface area contributed by atoms with Gasteiger partial charge in [-0.2, -0.15) is 13.2 Å². The molecule has 1 amide bonds. The van der Waals surface area contributed by atoms with Gasteiger partial charge in [0, 0.05) is 18.5 Å². The summed E-state index contributed by atoms with van der Waals surface area (Å²) in [6, 6.07) is 3.82. The second-order valence-electron chi connectivity index (χ2n) is 5.34. The lowest BCUT2D eigenvalue weighted by atomic mass is 10.0. The summed E-state index contributed by atoms with van der Waals surface area (Å²) in [5, 5.41) is 8.02. The molecule has 0 bridgehead atoms. The Labute approximate surface area is 165 Å². The van der Waals surface area contributed by atoms with Crippen molar-refractivity contribution in [1.82, 2.24) is 4.57 Å². The molecule has 1 atom stereocenters. The fraction of sp³-hybridized carbons (Fsp3) is 0.200. The van der Waals surface area contributed by atoms with Gasteiger partial charge in [0.05, 0.1) is 16.1 Å². The van der Waals surface area contributed by atoms with E-state index in [1.807, 2.05) is 0 Å². The summed E-state index contributed by atoms with van der Waals surface area (Å²) >= 11 is 3.35. The minimum absolute atomic E-state index is 0. The normalized spacial score (nSPS) is 12.3. The van der Waals surface area contributed by atoms with Crippen LogP contribution in [0.25, 0.3) is 0 Å². The molecule has 6 nitrogen and oxygen atoms in total. The number of amides is 1. The average molecular weight is 443 g/mol. The van der Waals surface area contributed by atoms with Crippen molar-refractivity contribution < 1.29 is 26.7 Å². The van der Waals surface area contributed by atoms with Gasteiger partial charge in [0.15, 0.2) is 0 Å². The molecule has 1 aromatic carbocycles. The van der Waals surface area contributed by atoms with Crippen molar-refractivity contribution in [2.45, 2.75) is 18.5 Å². The Hall–Kier alpha value is -1.88. The van der Waals surface area contributed by atoms with Crippen molar-refractivity contribution >= 4 is 41.0 Å². The van der Waals surface area contributed by atoms with Gasteiger partial charge in [-0.25, -0.2) is 0 Å². The lowest BCUT2D eigenvalue weighted by Crippen LogP contribution is -2.30. The third-order valence-electron chi connectivity index (χ3n) is 3.52. The molecule has 1 aromatic heterocycles. The van der Waals surface area contributed by atoms with Crippen LogP contribution < -0.4 is 11.2 Å². The standard InChI is InChI=1S/C15H13ClF3N3O3S.ClH/c16-11-4-12(14(21)23)13(20)22(6-11)5-9-3-10(15(17,18)19)2-1-8(9)7-26(24)25;/h1-4,6,20H,5,7H2,(H2,21,23)(H,24,25);1H/p-1. The fourth-order valence-corrected chi connectivity index (χ4v) is 3.09. The summed E-state index contributed by atoms with van der Waals surface area (Å²) < 4.78 is 62.0. The first kappa shape index (κ1) is 23.2. The minimum atomic E-state index is -4.62. The molecule has 0 aliphatic rings. The molecular formula is C15H13Cl2F3N3O3S-. The van der Waals surface area contributed by atoms with Crippen LogP contribution in [-0.4, -0.2) is 19.2 Å². The van der Waals surface area contributed by atoms with Crippen LogP contribution >= 0.6 is 24.0 Å². The van der Waals surface area contributed by atoms with E-state index in [2.05, 4.69) is 0 Å². The van der Waals surface area contributed by atoms with Gasteiger partial charge in [-0.15, -0.1) is 12.4 Å². The van der Waals surface area contributed by atoms with Crippen LogP contribution in [0.4, 0.5) is 13.2 Å². The van der Waals surface area contributed by atoms with Crippen LogP contribution in [0.1, 0.15) is 27.0 Å². The van der Waals surface area contributed by atoms with Crippen molar-refractivity contribution in [2.24, 2.45) is 5.73 Å². The van der Waals surface area contributed by atoms with Gasteiger partial charge in [0.25, 0.3) is 5.91 Å². The number of rotatable bonds is 5. The molecule has 0 radical (unpaired) electrons. The van der Waals surface area contributed by atoms with E-state index in [0.29, 0.717) is 0 Å². The summed E-state index contributed by atoms with van der Waals surface area (Å²) in [4.78, 5) is 11.4. The summed E-state index contributed by atoms with van der Waals surface area (Å²) in [5.41, 5.74) is 3.80. The maximum absolute atomic E-state index is 13.0. The summed E-state index contributed by atoms with van der Waals surface area (Å²) in [5.74, 6) is -1.42. The number of carbonyl (C=O) groups is 1. The Morgan fingerprint density at radius 3 is 2.44 bits per heavy atom. The largest absolute Gasteiger partial charge is 0.772 e. The highest BCUT2D eigenvalue weighted by molar-refractivity contribution is 7.78. The summed E-state index contributed by atoms with van der Waals surface area (Å²) in [7, 11) is 0. The van der Waals surface area contributed by atoms with Gasteiger partial charge in [-0.05, 0) is 29.3 Å². The number of hydrogen-bond donors (Lipinski definition) is 2. The Bertz CT molecular complexity index is 948. The number of pyridine rings is 1. The number of alkyl halides is 3. The SMILES string of the molecule is Cl.N=c1c(C(N)=O)cc(Cl)cn1Cc1cc(C(F)(F)F)ccc1CS(=O)[O-]. The zero-order valence-corrected chi connectivity index (χ0v) is 15.8. The molecule has 0 aliphatic heterocycles. The number of aromatic nitrogens is 1. The number of hydrogen-bond acceptors (Lipinski definition) is 4. The topological polar surface area (TPSA) is 112 Å². The van der Waals surface area contributed by atoms with Gasteiger partial charge in [-0.1, -0.05) is 28.7 Å². The Balaban J connectivity index is 0.00000364. The fourth-order valence-electron chi connectivity index (χ4n) is 2.32. The molecule has 27 heavy (non-hydrogen) atoms. The number of primary amides is 1. The van der Waals surface area contributed by atoms with E-state index >= 15 is 0 Å². The first-order valence-corrected chi connectivity index (χ1v) is 8.60. The van der Waals surface area contributed by atoms with Crippen molar-refractivity contribution in [1.29, 1.82) is 5.41 Å². The summed E-state index contributed by atoms with van der Waals surface area (Å²) in [6.07, 6.45) is -3.38. The van der Waals surface area contributed by atoms with E-state index in [1.165, 1.54) is 12.3 Å². The number of nitrogens with two attached hydrogens (primary N) is 1. The van der Waals surface area contributed by atoms with E-state index < -0.39 is 34.5 Å². The van der Waals surface area contributed by atoms with Gasteiger partial charge < -0.3 is 14.9 Å². The van der Waals surface area contributed by atoms with Crippen LogP contribution in [0, 0.1) is 5.41 Å². The van der Waals surface area contributed by atoms with E-state index in [9.17, 15) is 26.7 Å². The molecule has 0 saturated carbocycles. The Morgan fingerprint density at radius 2 is 1.93 bits per heavy atom. The first-order chi connectivity index (χ1) is 12.0. The van der Waals surface area contributed by atoms with Gasteiger partial charge in [0.1, 0.15) is 5.49 Å². The molecule has 12 heteroatoms. The van der Waals surface area contributed by atoms with Crippen LogP contribution in [0.2, 0.25) is 5.02 Å². The van der Waals surface area contributed by atoms with Crippen LogP contribution in [0.3, 0.4) is 0 Å². The smallest absolute Gasteiger partial charge is 0.416 e. The van der Waals surface area contributed by atoms with Gasteiger partial charge >= 0.3 is 6.18 Å². The third kappa shape index (κ3) is 5.80. The highest BCUT2D eigenvalue weighted by Gasteiger charge is 2.31. The maximum Gasteiger partial charge on any atom is 0.416 e. The zero-order valence-electron chi connectivity index (χ0n) is 13.4. The molecule has 0 spiro atoms. The van der Waals surface area contributed by atoms with E-state index in [0.717, 1.165) is 22.8 Å². The lowest BCUT2D eigenvalue weighted by Gasteiger charge is -2.17. The molecule has 148 valence electrons. The van der Waals surface area contributed by atoms with Crippen molar-refractivity contribution in [3.63, 3.8) is 0 Å². The predicted octanol–water partition coefficient (Wildman–Crippen LogP) is 2.59. The number of nitrogens with zero attached hydrogens (tertiary/aromatic N) is 1. The van der Waals surface area contributed by atoms with Crippen molar-refractivity contribution in [3.8, 4) is 0 Å². The molecule has 2 rings (SSSR count). The molecule has 1 heterocycles. The predicted molar refractivity (Wildman–Crippen MR) is 94.2 cm³/mol. The molecule has 0 saturated heterocycles. The highest BCUT2D eigenvalue weighted by atomic mass is 35.5. The monoisotopic (exact) mass is 442 g/mol. The quantitative estimate of drug-likeness (QED) is 0.693. The summed E-state index contributed by atoms with van der Waals surface area (Å²) in [6.45, 7) is -0.296. The second-order valence-corrected chi connectivity index (χ2v) is 6.67. The maximum atomic E-state index is 13.0. The van der Waals surface area contributed by atoms with Crippen LogP contribution in [-0.2, 0) is 29.6 Å². The minimum Gasteiger partial charge on any atom is -0.772 e. The molecule has 2 aromatic rings. The number of carbonyl (C=O) groups excluding carboxylic acids is 1. The number of nitrogens with one attached hydrogen (secondary N) is 1. The van der Waals surface area contributed by atoms with Crippen molar-refractivity contribution in [2.75, 3.05) is 0 Å². The average Bonchev–Trinajstić information content (AvgIpc) is 2.50. The van der Waals surface area contributed by atoms with Gasteiger partial charge in [-0.3, -0.25) is 14.4 Å².